The van der Waals surface area contributed by atoms with Crippen LogP contribution in [-0.4, -0.2) is 39.9 Å². The molecule has 0 fully saturated rings. The minimum absolute atomic E-state index is 0.0802. The molecule has 1 amide bonds. The Morgan fingerprint density at radius 1 is 1.08 bits per heavy atom. The number of aromatic nitrogens is 6. The van der Waals surface area contributed by atoms with Gasteiger partial charge < -0.3 is 15.3 Å². The van der Waals surface area contributed by atoms with Crippen molar-refractivity contribution in [1.82, 2.24) is 34.4 Å². The minimum Gasteiger partial charge on any atom is -0.342 e. The number of nitro benzene ring substituents is 1. The number of hydrogen-bond acceptors (Lipinski definition) is 7. The molecule has 13 heteroatoms. The zero-order chi connectivity index (χ0) is 25.6. The Morgan fingerprint density at radius 2 is 1.83 bits per heavy atom. The number of nitrogens with one attached hydrogen (secondary N) is 3. The molecule has 0 aliphatic rings. The maximum Gasteiger partial charge on any atom is 0.332 e. The third-order valence-corrected chi connectivity index (χ3v) is 5.88. The van der Waals surface area contributed by atoms with Crippen molar-refractivity contribution in [2.24, 2.45) is 14.1 Å². The molecule has 3 aromatic heterocycles. The molecule has 5 aromatic rings. The first-order chi connectivity index (χ1) is 17.2. The van der Waals surface area contributed by atoms with Gasteiger partial charge in [0.25, 0.3) is 11.2 Å². The molecule has 1 atom stereocenters. The lowest BCUT2D eigenvalue weighted by molar-refractivity contribution is -0.384. The lowest BCUT2D eigenvalue weighted by atomic mass is 10.1. The van der Waals surface area contributed by atoms with Crippen LogP contribution >= 0.6 is 0 Å². The fourth-order valence-electron chi connectivity index (χ4n) is 4.04. The largest absolute Gasteiger partial charge is 0.342 e. The third kappa shape index (κ3) is 3.91. The minimum atomic E-state index is -0.688. The van der Waals surface area contributed by atoms with Crippen LogP contribution in [0.3, 0.4) is 0 Å². The van der Waals surface area contributed by atoms with Crippen LogP contribution in [0.5, 0.6) is 0 Å². The summed E-state index contributed by atoms with van der Waals surface area (Å²) in [6.45, 7) is 0. The van der Waals surface area contributed by atoms with Gasteiger partial charge in [0.2, 0.25) is 5.91 Å². The number of rotatable bonds is 6. The van der Waals surface area contributed by atoms with Gasteiger partial charge in [-0.3, -0.25) is 28.8 Å². The van der Waals surface area contributed by atoms with Crippen molar-refractivity contribution in [3.63, 3.8) is 0 Å². The molecule has 0 saturated heterocycles. The Labute approximate surface area is 201 Å². The molecule has 0 aliphatic heterocycles. The topological polar surface area (TPSA) is 174 Å². The summed E-state index contributed by atoms with van der Waals surface area (Å²) in [5.74, 6) is 0.190. The molecule has 0 saturated carbocycles. The Kier molecular flexibility index (Phi) is 5.43. The lowest BCUT2D eigenvalue weighted by Gasteiger charge is -2.17. The van der Waals surface area contributed by atoms with Crippen molar-refractivity contribution in [3.05, 3.63) is 96.7 Å². The van der Waals surface area contributed by atoms with E-state index in [0.29, 0.717) is 16.9 Å². The predicted octanol–water partition coefficient (Wildman–Crippen LogP) is 1.19. The highest BCUT2D eigenvalue weighted by molar-refractivity contribution is 5.81. The van der Waals surface area contributed by atoms with Gasteiger partial charge >= 0.3 is 5.69 Å². The predicted molar refractivity (Wildman–Crippen MR) is 129 cm³/mol. The van der Waals surface area contributed by atoms with Crippen molar-refractivity contribution < 1.29 is 9.72 Å². The van der Waals surface area contributed by atoms with Crippen LogP contribution in [0, 0.1) is 10.1 Å². The van der Waals surface area contributed by atoms with Crippen LogP contribution in [0.1, 0.15) is 23.3 Å². The number of aryl methyl sites for hydroxylation is 1. The maximum atomic E-state index is 13.1. The van der Waals surface area contributed by atoms with E-state index in [9.17, 15) is 24.5 Å². The number of carbonyl (C=O) groups is 1. The quantitative estimate of drug-likeness (QED) is 0.238. The number of carbonyl (C=O) groups excluding carboxylic acids is 1. The Balaban J connectivity index is 1.48. The lowest BCUT2D eigenvalue weighted by Crippen LogP contribution is -2.36. The van der Waals surface area contributed by atoms with E-state index in [-0.39, 0.29) is 29.1 Å². The van der Waals surface area contributed by atoms with E-state index < -0.39 is 28.1 Å². The number of benzene rings is 2. The first-order valence-corrected chi connectivity index (χ1v) is 10.9. The molecule has 0 spiro atoms. The monoisotopic (exact) mass is 488 g/mol. The highest BCUT2D eigenvalue weighted by Crippen LogP contribution is 2.25. The van der Waals surface area contributed by atoms with Crippen molar-refractivity contribution in [3.8, 4) is 0 Å². The molecule has 0 aliphatic carbocycles. The Hall–Kier alpha value is -5.07. The van der Waals surface area contributed by atoms with E-state index in [2.05, 4.69) is 25.3 Å². The summed E-state index contributed by atoms with van der Waals surface area (Å²) in [6.07, 6.45) is -0.193. The normalized spacial score (nSPS) is 12.2. The van der Waals surface area contributed by atoms with Crippen molar-refractivity contribution in [2.75, 3.05) is 0 Å². The molecule has 2 aromatic carbocycles. The average Bonchev–Trinajstić information content (AvgIpc) is 3.49. The van der Waals surface area contributed by atoms with Crippen LogP contribution in [0.4, 0.5) is 5.69 Å². The number of nitro groups is 1. The molecular weight excluding hydrogens is 468 g/mol. The standard InChI is InChI=1S/C23H20N8O5/c1-29-21-19(22(33)30(2)23(29)34)26-16(27-21)11-17(32)28-18(12-6-4-3-5-7-12)20-24-14-9-8-13(31(35)36)10-15(14)25-20/h3-10,18H,11H2,1-2H3,(H,24,25)(H,26,27)(H,28,32). The fourth-order valence-corrected chi connectivity index (χ4v) is 4.04. The van der Waals surface area contributed by atoms with Gasteiger partial charge in [0.1, 0.15) is 23.2 Å². The van der Waals surface area contributed by atoms with Gasteiger partial charge in [0.15, 0.2) is 5.65 Å². The summed E-state index contributed by atoms with van der Waals surface area (Å²) >= 11 is 0. The van der Waals surface area contributed by atoms with E-state index in [4.69, 9.17) is 0 Å². The number of nitrogens with zero attached hydrogens (tertiary/aromatic N) is 5. The van der Waals surface area contributed by atoms with Gasteiger partial charge in [0, 0.05) is 26.2 Å². The van der Waals surface area contributed by atoms with E-state index in [1.54, 1.807) is 0 Å². The van der Waals surface area contributed by atoms with Crippen LogP contribution in [0.15, 0.2) is 58.1 Å². The van der Waals surface area contributed by atoms with Gasteiger partial charge in [-0.05, 0) is 11.6 Å². The Morgan fingerprint density at radius 3 is 2.56 bits per heavy atom. The molecule has 13 nitrogen and oxygen atoms in total. The fraction of sp³-hybridized carbons (Fsp3) is 0.174. The summed E-state index contributed by atoms with van der Waals surface area (Å²) in [6, 6.07) is 12.7. The van der Waals surface area contributed by atoms with Crippen LogP contribution in [-0.2, 0) is 25.3 Å². The summed E-state index contributed by atoms with van der Waals surface area (Å²) in [5.41, 5.74) is 0.854. The number of fused-ring (bicyclic) bond motifs is 2. The van der Waals surface area contributed by atoms with Crippen molar-refractivity contribution in [2.45, 2.75) is 12.5 Å². The van der Waals surface area contributed by atoms with Crippen molar-refractivity contribution >= 4 is 33.8 Å². The van der Waals surface area contributed by atoms with Gasteiger partial charge in [-0.25, -0.2) is 14.8 Å². The smallest absolute Gasteiger partial charge is 0.332 e. The maximum absolute atomic E-state index is 13.1. The van der Waals surface area contributed by atoms with E-state index >= 15 is 0 Å². The number of aromatic amines is 2. The second-order valence-corrected chi connectivity index (χ2v) is 8.26. The molecule has 36 heavy (non-hydrogen) atoms. The molecule has 5 rings (SSSR count). The highest BCUT2D eigenvalue weighted by atomic mass is 16.6. The second kappa shape index (κ2) is 8.61. The van der Waals surface area contributed by atoms with Crippen molar-refractivity contribution in [1.29, 1.82) is 0 Å². The zero-order valence-corrected chi connectivity index (χ0v) is 19.2. The summed E-state index contributed by atoms with van der Waals surface area (Å²) in [7, 11) is 2.86. The molecule has 182 valence electrons. The number of non-ortho nitro benzene ring substituents is 1. The first kappa shape index (κ1) is 22.7. The van der Waals surface area contributed by atoms with E-state index in [1.165, 1.54) is 36.9 Å². The number of hydrogen-bond donors (Lipinski definition) is 3. The first-order valence-electron chi connectivity index (χ1n) is 10.9. The average molecular weight is 488 g/mol. The molecule has 0 radical (unpaired) electrons. The SMILES string of the molecule is Cn1c(=O)c2[nH]c(CC(=O)NC(c3ccccc3)c3nc4ccc([N+](=O)[O-])cc4[nH]3)nc2n(C)c1=O. The van der Waals surface area contributed by atoms with E-state index in [1.807, 2.05) is 30.3 Å². The van der Waals surface area contributed by atoms with E-state index in [0.717, 1.165) is 10.1 Å². The number of imidazole rings is 2. The van der Waals surface area contributed by atoms with Gasteiger partial charge in [-0.2, -0.15) is 0 Å². The Bertz CT molecular complexity index is 1760. The van der Waals surface area contributed by atoms with Gasteiger partial charge in [-0.1, -0.05) is 30.3 Å². The third-order valence-electron chi connectivity index (χ3n) is 5.88. The van der Waals surface area contributed by atoms with Crippen LogP contribution < -0.4 is 16.6 Å². The summed E-state index contributed by atoms with van der Waals surface area (Å²) < 4.78 is 2.19. The van der Waals surface area contributed by atoms with Gasteiger partial charge in [-0.15, -0.1) is 0 Å². The number of H-pyrrole nitrogens is 2. The van der Waals surface area contributed by atoms with Crippen LogP contribution in [0.2, 0.25) is 0 Å². The summed E-state index contributed by atoms with van der Waals surface area (Å²) in [5, 5.41) is 14.0. The highest BCUT2D eigenvalue weighted by Gasteiger charge is 2.23. The number of amides is 1. The van der Waals surface area contributed by atoms with Gasteiger partial charge in [0.05, 0.1) is 22.4 Å². The molecule has 3 N–H and O–H groups in total. The second-order valence-electron chi connectivity index (χ2n) is 8.26. The molecule has 1 unspecified atom stereocenters. The van der Waals surface area contributed by atoms with Crippen LogP contribution in [0.25, 0.3) is 22.2 Å². The molecule has 3 heterocycles. The molecule has 0 bridgehead atoms. The molecular formula is C23H20N8O5. The zero-order valence-electron chi connectivity index (χ0n) is 19.2. The summed E-state index contributed by atoms with van der Waals surface area (Å²) in [4.78, 5) is 63.0.